The summed E-state index contributed by atoms with van der Waals surface area (Å²) in [7, 11) is 0. The standard InChI is InChI=1S/C44H31NO/c1-44(2)40-14-8-7-11-34(40)35-22-19-31(26-41(35)44)29-17-20-33(21-18-29)46-43-37-13-6-5-12-36(37)42(39-27-45-24-23-38(39)43)32-16-15-28-9-3-4-10-30(28)25-32/h3-27H,1-2H3. The number of nitrogens with zero attached hydrogens (tertiary/aromatic N) is 1. The van der Waals surface area contributed by atoms with Crippen molar-refractivity contribution in [3.05, 3.63) is 163 Å². The number of ether oxygens (including phenoxy) is 1. The van der Waals surface area contributed by atoms with Gasteiger partial charge in [-0.1, -0.05) is 123 Å². The van der Waals surface area contributed by atoms with Crippen molar-refractivity contribution in [3.8, 4) is 44.9 Å². The second kappa shape index (κ2) is 10.2. The summed E-state index contributed by atoms with van der Waals surface area (Å²) in [5.74, 6) is 1.65. The quantitative estimate of drug-likeness (QED) is 0.191. The number of rotatable bonds is 4. The highest BCUT2D eigenvalue weighted by molar-refractivity contribution is 6.17. The van der Waals surface area contributed by atoms with E-state index in [4.69, 9.17) is 4.74 Å². The second-order valence-corrected chi connectivity index (χ2v) is 12.8. The van der Waals surface area contributed by atoms with Crippen molar-refractivity contribution < 1.29 is 4.74 Å². The molecule has 0 saturated carbocycles. The second-order valence-electron chi connectivity index (χ2n) is 12.8. The Labute approximate surface area is 268 Å². The molecule has 0 saturated heterocycles. The first-order valence-corrected chi connectivity index (χ1v) is 15.9. The molecule has 0 spiro atoms. The van der Waals surface area contributed by atoms with E-state index in [0.29, 0.717) is 0 Å². The molecule has 0 radical (unpaired) electrons. The molecule has 0 fully saturated rings. The maximum Gasteiger partial charge on any atom is 0.143 e. The molecule has 46 heavy (non-hydrogen) atoms. The van der Waals surface area contributed by atoms with Crippen LogP contribution in [0.2, 0.25) is 0 Å². The van der Waals surface area contributed by atoms with Crippen LogP contribution in [0.4, 0.5) is 0 Å². The Morgan fingerprint density at radius 3 is 2.04 bits per heavy atom. The summed E-state index contributed by atoms with van der Waals surface area (Å²) < 4.78 is 6.78. The van der Waals surface area contributed by atoms with Gasteiger partial charge in [-0.15, -0.1) is 0 Å². The Morgan fingerprint density at radius 1 is 0.500 bits per heavy atom. The van der Waals surface area contributed by atoms with Crippen molar-refractivity contribution in [2.45, 2.75) is 19.3 Å². The van der Waals surface area contributed by atoms with Crippen molar-refractivity contribution in [1.29, 1.82) is 0 Å². The van der Waals surface area contributed by atoms with Crippen molar-refractivity contribution >= 4 is 32.3 Å². The number of benzene rings is 7. The third-order valence-electron chi connectivity index (χ3n) is 9.81. The summed E-state index contributed by atoms with van der Waals surface area (Å²) in [6, 6.07) is 50.0. The van der Waals surface area contributed by atoms with E-state index in [1.165, 1.54) is 55.3 Å². The van der Waals surface area contributed by atoms with Gasteiger partial charge in [0.15, 0.2) is 0 Å². The third-order valence-corrected chi connectivity index (χ3v) is 9.81. The maximum atomic E-state index is 6.78. The smallest absolute Gasteiger partial charge is 0.143 e. The number of fused-ring (bicyclic) bond motifs is 6. The van der Waals surface area contributed by atoms with Crippen LogP contribution in [0.25, 0.3) is 65.7 Å². The molecule has 0 atom stereocenters. The van der Waals surface area contributed by atoms with Gasteiger partial charge in [-0.2, -0.15) is 0 Å². The van der Waals surface area contributed by atoms with Crippen LogP contribution in [0.5, 0.6) is 11.5 Å². The van der Waals surface area contributed by atoms with E-state index in [9.17, 15) is 0 Å². The van der Waals surface area contributed by atoms with Gasteiger partial charge < -0.3 is 4.74 Å². The van der Waals surface area contributed by atoms with E-state index in [0.717, 1.165) is 33.0 Å². The summed E-state index contributed by atoms with van der Waals surface area (Å²) in [4.78, 5) is 4.55. The summed E-state index contributed by atoms with van der Waals surface area (Å²) in [5.41, 5.74) is 10.2. The molecule has 2 nitrogen and oxygen atoms in total. The fourth-order valence-electron chi connectivity index (χ4n) is 7.46. The van der Waals surface area contributed by atoms with E-state index in [-0.39, 0.29) is 5.41 Å². The van der Waals surface area contributed by atoms with Gasteiger partial charge >= 0.3 is 0 Å². The topological polar surface area (TPSA) is 22.1 Å². The lowest BCUT2D eigenvalue weighted by Gasteiger charge is -2.22. The molecular formula is C44H31NO. The molecule has 0 aliphatic heterocycles. The van der Waals surface area contributed by atoms with Gasteiger partial charge in [0.2, 0.25) is 0 Å². The zero-order valence-corrected chi connectivity index (χ0v) is 25.8. The number of aromatic nitrogens is 1. The van der Waals surface area contributed by atoms with Crippen LogP contribution in [0.1, 0.15) is 25.0 Å². The molecule has 8 aromatic rings. The molecule has 9 rings (SSSR count). The predicted octanol–water partition coefficient (Wildman–Crippen LogP) is 12.0. The average molecular weight is 590 g/mol. The Bertz CT molecular complexity index is 2410. The Hall–Kier alpha value is -5.73. The minimum atomic E-state index is -0.0268. The van der Waals surface area contributed by atoms with Gasteiger partial charge in [0.1, 0.15) is 11.5 Å². The molecule has 0 amide bonds. The van der Waals surface area contributed by atoms with Crippen LogP contribution < -0.4 is 4.74 Å². The molecule has 1 aliphatic rings. The molecule has 2 heteroatoms. The Kier molecular flexibility index (Phi) is 5.88. The molecule has 218 valence electrons. The lowest BCUT2D eigenvalue weighted by Crippen LogP contribution is -2.14. The van der Waals surface area contributed by atoms with Crippen molar-refractivity contribution in [3.63, 3.8) is 0 Å². The van der Waals surface area contributed by atoms with Gasteiger partial charge in [0.05, 0.1) is 0 Å². The van der Waals surface area contributed by atoms with E-state index in [1.54, 1.807) is 0 Å². The lowest BCUT2D eigenvalue weighted by molar-refractivity contribution is 0.494. The molecule has 0 unspecified atom stereocenters. The zero-order chi connectivity index (χ0) is 30.8. The van der Waals surface area contributed by atoms with Gasteiger partial charge in [0, 0.05) is 34.0 Å². The van der Waals surface area contributed by atoms with Crippen LogP contribution in [0.3, 0.4) is 0 Å². The van der Waals surface area contributed by atoms with Gasteiger partial charge in [-0.25, -0.2) is 0 Å². The van der Waals surface area contributed by atoms with Crippen LogP contribution in [-0.2, 0) is 5.41 Å². The number of pyridine rings is 1. The van der Waals surface area contributed by atoms with Crippen molar-refractivity contribution in [2.75, 3.05) is 0 Å². The first-order valence-electron chi connectivity index (χ1n) is 15.9. The molecule has 7 aromatic carbocycles. The Morgan fingerprint density at radius 2 is 1.17 bits per heavy atom. The molecule has 1 aliphatic carbocycles. The van der Waals surface area contributed by atoms with E-state index in [1.807, 2.05) is 12.4 Å². The first-order chi connectivity index (χ1) is 22.6. The summed E-state index contributed by atoms with van der Waals surface area (Å²) in [6.45, 7) is 4.65. The SMILES string of the molecule is CC1(C)c2ccccc2-c2ccc(-c3ccc(Oc4c5ccccc5c(-c5ccc6ccccc6c5)c5cnccc45)cc3)cc21. The molecular weight excluding hydrogens is 558 g/mol. The summed E-state index contributed by atoms with van der Waals surface area (Å²) in [6.07, 6.45) is 3.82. The molecule has 0 bridgehead atoms. The normalized spacial score (nSPS) is 13.2. The van der Waals surface area contributed by atoms with Crippen LogP contribution in [0.15, 0.2) is 152 Å². The Balaban J connectivity index is 1.12. The fourth-order valence-corrected chi connectivity index (χ4v) is 7.46. The highest BCUT2D eigenvalue weighted by Gasteiger charge is 2.35. The minimum absolute atomic E-state index is 0.0268. The van der Waals surface area contributed by atoms with E-state index >= 15 is 0 Å². The fraction of sp³-hybridized carbons (Fsp3) is 0.0682. The highest BCUT2D eigenvalue weighted by atomic mass is 16.5. The lowest BCUT2D eigenvalue weighted by atomic mass is 9.81. The van der Waals surface area contributed by atoms with E-state index in [2.05, 4.69) is 158 Å². The monoisotopic (exact) mass is 589 g/mol. The molecule has 0 N–H and O–H groups in total. The van der Waals surface area contributed by atoms with Crippen molar-refractivity contribution in [1.82, 2.24) is 4.98 Å². The van der Waals surface area contributed by atoms with E-state index < -0.39 is 0 Å². The maximum absolute atomic E-state index is 6.78. The van der Waals surface area contributed by atoms with Crippen molar-refractivity contribution in [2.24, 2.45) is 0 Å². The predicted molar refractivity (Wildman–Crippen MR) is 192 cm³/mol. The van der Waals surface area contributed by atoms with Gasteiger partial charge in [-0.05, 0) is 91.0 Å². The average Bonchev–Trinajstić information content (AvgIpc) is 3.34. The molecule has 1 aromatic heterocycles. The van der Waals surface area contributed by atoms with Crippen LogP contribution in [0, 0.1) is 0 Å². The van der Waals surface area contributed by atoms with Crippen LogP contribution in [-0.4, -0.2) is 4.98 Å². The molecule has 1 heterocycles. The zero-order valence-electron chi connectivity index (χ0n) is 25.8. The summed E-state index contributed by atoms with van der Waals surface area (Å²) >= 11 is 0. The van der Waals surface area contributed by atoms with Crippen LogP contribution >= 0.6 is 0 Å². The number of hydrogen-bond donors (Lipinski definition) is 0. The third kappa shape index (κ3) is 4.07. The summed E-state index contributed by atoms with van der Waals surface area (Å²) in [5, 5.41) is 6.79. The first kappa shape index (κ1) is 26.7. The largest absolute Gasteiger partial charge is 0.456 e. The van der Waals surface area contributed by atoms with Gasteiger partial charge in [0.25, 0.3) is 0 Å². The number of hydrogen-bond acceptors (Lipinski definition) is 2. The highest BCUT2D eigenvalue weighted by Crippen LogP contribution is 2.50. The minimum Gasteiger partial charge on any atom is -0.456 e. The van der Waals surface area contributed by atoms with Gasteiger partial charge in [-0.3, -0.25) is 4.98 Å².